The standard InChI is InChI=1S/C15H17N3O2/c1-11(2)9-15(20)18-13-5-3-12(4-6-13)10-17-14(19)7-8-16/h3-6,9H,7,10H2,1-2H3,(H,17,19)(H,18,20). The molecule has 1 aromatic rings. The number of hydrogen-bond donors (Lipinski definition) is 2. The van der Waals surface area contributed by atoms with Gasteiger partial charge in [0.05, 0.1) is 6.07 Å². The largest absolute Gasteiger partial charge is 0.351 e. The fourth-order valence-electron chi connectivity index (χ4n) is 1.48. The van der Waals surface area contributed by atoms with Gasteiger partial charge in [-0.05, 0) is 31.5 Å². The second-order valence-electron chi connectivity index (χ2n) is 4.52. The molecule has 0 radical (unpaired) electrons. The fraction of sp³-hybridized carbons (Fsp3) is 0.267. The molecule has 20 heavy (non-hydrogen) atoms. The number of hydrogen-bond acceptors (Lipinski definition) is 3. The third-order valence-corrected chi connectivity index (χ3v) is 2.37. The highest BCUT2D eigenvalue weighted by Crippen LogP contribution is 2.09. The zero-order valence-corrected chi connectivity index (χ0v) is 11.6. The lowest BCUT2D eigenvalue weighted by molar-refractivity contribution is -0.120. The second kappa shape index (κ2) is 7.74. The second-order valence-corrected chi connectivity index (χ2v) is 4.52. The fourth-order valence-corrected chi connectivity index (χ4v) is 1.48. The Morgan fingerprint density at radius 3 is 2.45 bits per heavy atom. The van der Waals surface area contributed by atoms with Gasteiger partial charge >= 0.3 is 0 Å². The van der Waals surface area contributed by atoms with Crippen molar-refractivity contribution in [3.05, 3.63) is 41.5 Å². The quantitative estimate of drug-likeness (QED) is 0.805. The molecule has 1 aromatic carbocycles. The minimum Gasteiger partial charge on any atom is -0.351 e. The molecular weight excluding hydrogens is 254 g/mol. The van der Waals surface area contributed by atoms with Crippen LogP contribution in [0.15, 0.2) is 35.9 Å². The summed E-state index contributed by atoms with van der Waals surface area (Å²) in [7, 11) is 0. The molecule has 0 fully saturated rings. The number of nitrogens with one attached hydrogen (secondary N) is 2. The highest BCUT2D eigenvalue weighted by atomic mass is 16.2. The summed E-state index contributed by atoms with van der Waals surface area (Å²) in [6, 6.07) is 8.94. The summed E-state index contributed by atoms with van der Waals surface area (Å²) in [5.74, 6) is -0.464. The van der Waals surface area contributed by atoms with Crippen LogP contribution in [-0.2, 0) is 16.1 Å². The summed E-state index contributed by atoms with van der Waals surface area (Å²) in [6.45, 7) is 4.07. The minimum atomic E-state index is -0.298. The Balaban J connectivity index is 2.52. The number of allylic oxidation sites excluding steroid dienone is 1. The van der Waals surface area contributed by atoms with Gasteiger partial charge in [-0.3, -0.25) is 9.59 Å². The van der Waals surface area contributed by atoms with Crippen LogP contribution in [0, 0.1) is 11.3 Å². The van der Waals surface area contributed by atoms with Gasteiger partial charge < -0.3 is 10.6 Å². The molecule has 0 atom stereocenters. The van der Waals surface area contributed by atoms with Crippen LogP contribution in [0.2, 0.25) is 0 Å². The zero-order chi connectivity index (χ0) is 15.0. The van der Waals surface area contributed by atoms with Crippen molar-refractivity contribution in [1.82, 2.24) is 5.32 Å². The average molecular weight is 271 g/mol. The molecule has 2 amide bonds. The van der Waals surface area contributed by atoms with Crippen molar-refractivity contribution in [2.45, 2.75) is 26.8 Å². The third kappa shape index (κ3) is 5.83. The molecule has 0 aliphatic heterocycles. The number of nitriles is 1. The third-order valence-electron chi connectivity index (χ3n) is 2.37. The smallest absolute Gasteiger partial charge is 0.248 e. The van der Waals surface area contributed by atoms with Crippen molar-refractivity contribution in [3.63, 3.8) is 0 Å². The Morgan fingerprint density at radius 1 is 1.25 bits per heavy atom. The number of carbonyl (C=O) groups excluding carboxylic acids is 2. The summed E-state index contributed by atoms with van der Waals surface area (Å²) in [4.78, 5) is 22.7. The molecule has 104 valence electrons. The van der Waals surface area contributed by atoms with Crippen LogP contribution in [0.4, 0.5) is 5.69 Å². The molecular formula is C15H17N3O2. The number of carbonyl (C=O) groups is 2. The van der Waals surface area contributed by atoms with Gasteiger partial charge in [0.1, 0.15) is 6.42 Å². The molecule has 1 rings (SSSR count). The summed E-state index contributed by atoms with van der Waals surface area (Å²) in [5.41, 5.74) is 2.52. The van der Waals surface area contributed by atoms with Gasteiger partial charge in [0.25, 0.3) is 0 Å². The molecule has 0 aliphatic carbocycles. The first-order valence-corrected chi connectivity index (χ1v) is 6.19. The predicted octanol–water partition coefficient (Wildman–Crippen LogP) is 2.12. The Hall–Kier alpha value is -2.61. The van der Waals surface area contributed by atoms with E-state index < -0.39 is 0 Å². The molecule has 0 spiro atoms. The van der Waals surface area contributed by atoms with Crippen LogP contribution in [-0.4, -0.2) is 11.8 Å². The highest BCUT2D eigenvalue weighted by molar-refractivity contribution is 5.99. The predicted molar refractivity (Wildman–Crippen MR) is 76.6 cm³/mol. The Labute approximate surface area is 118 Å². The van der Waals surface area contributed by atoms with Crippen LogP contribution < -0.4 is 10.6 Å². The lowest BCUT2D eigenvalue weighted by atomic mass is 10.2. The van der Waals surface area contributed by atoms with E-state index in [9.17, 15) is 9.59 Å². The maximum atomic E-state index is 11.5. The highest BCUT2D eigenvalue weighted by Gasteiger charge is 2.01. The van der Waals surface area contributed by atoms with E-state index in [-0.39, 0.29) is 18.2 Å². The van der Waals surface area contributed by atoms with Gasteiger partial charge in [-0.2, -0.15) is 5.26 Å². The molecule has 2 N–H and O–H groups in total. The summed E-state index contributed by atoms with van der Waals surface area (Å²) in [5, 5.41) is 13.7. The molecule has 0 aliphatic rings. The average Bonchev–Trinajstić information content (AvgIpc) is 2.37. The number of rotatable bonds is 5. The summed E-state index contributed by atoms with van der Waals surface area (Å²) < 4.78 is 0. The van der Waals surface area contributed by atoms with Crippen LogP contribution in [0.5, 0.6) is 0 Å². The van der Waals surface area contributed by atoms with Crippen LogP contribution in [0.25, 0.3) is 0 Å². The van der Waals surface area contributed by atoms with E-state index in [1.54, 1.807) is 18.2 Å². The summed E-state index contributed by atoms with van der Waals surface area (Å²) >= 11 is 0. The number of benzene rings is 1. The zero-order valence-electron chi connectivity index (χ0n) is 11.6. The van der Waals surface area contributed by atoms with Crippen molar-refractivity contribution in [3.8, 4) is 6.07 Å². The maximum Gasteiger partial charge on any atom is 0.248 e. The lowest BCUT2D eigenvalue weighted by Gasteiger charge is -2.06. The topological polar surface area (TPSA) is 82.0 Å². The molecule has 5 nitrogen and oxygen atoms in total. The Bertz CT molecular complexity index is 549. The van der Waals surface area contributed by atoms with E-state index in [1.807, 2.05) is 26.0 Å². The normalized spacial score (nSPS) is 9.25. The first-order chi connectivity index (χ1) is 9.51. The van der Waals surface area contributed by atoms with Crippen molar-refractivity contribution < 1.29 is 9.59 Å². The van der Waals surface area contributed by atoms with Gasteiger partial charge in [0.2, 0.25) is 11.8 Å². The number of amides is 2. The SMILES string of the molecule is CC(C)=CC(=O)Nc1ccc(CNC(=O)CC#N)cc1. The van der Waals surface area contributed by atoms with Gasteiger partial charge in [0, 0.05) is 18.3 Å². The molecule has 0 saturated heterocycles. The van der Waals surface area contributed by atoms with E-state index in [1.165, 1.54) is 6.08 Å². The van der Waals surface area contributed by atoms with Gasteiger partial charge in [-0.25, -0.2) is 0 Å². The summed E-state index contributed by atoms with van der Waals surface area (Å²) in [6.07, 6.45) is 1.38. The van der Waals surface area contributed by atoms with Gasteiger partial charge in [-0.1, -0.05) is 17.7 Å². The van der Waals surface area contributed by atoms with Crippen LogP contribution in [0.3, 0.4) is 0 Å². The molecule has 0 heterocycles. The maximum absolute atomic E-state index is 11.5. The first-order valence-electron chi connectivity index (χ1n) is 6.19. The number of anilines is 1. The van der Waals surface area contributed by atoms with E-state index >= 15 is 0 Å². The molecule has 0 bridgehead atoms. The van der Waals surface area contributed by atoms with Crippen LogP contribution in [0.1, 0.15) is 25.8 Å². The minimum absolute atomic E-state index is 0.142. The Kier molecular flexibility index (Phi) is 5.98. The Morgan fingerprint density at radius 2 is 1.90 bits per heavy atom. The van der Waals surface area contributed by atoms with E-state index in [2.05, 4.69) is 10.6 Å². The van der Waals surface area contributed by atoms with Crippen molar-refractivity contribution in [2.75, 3.05) is 5.32 Å². The van der Waals surface area contributed by atoms with E-state index in [0.717, 1.165) is 11.1 Å². The van der Waals surface area contributed by atoms with Crippen LogP contribution >= 0.6 is 0 Å². The van der Waals surface area contributed by atoms with Gasteiger partial charge in [-0.15, -0.1) is 0 Å². The van der Waals surface area contributed by atoms with Crippen molar-refractivity contribution in [1.29, 1.82) is 5.26 Å². The van der Waals surface area contributed by atoms with Crippen molar-refractivity contribution in [2.24, 2.45) is 0 Å². The van der Waals surface area contributed by atoms with E-state index in [4.69, 9.17) is 5.26 Å². The molecule has 0 unspecified atom stereocenters. The van der Waals surface area contributed by atoms with Gasteiger partial charge in [0.15, 0.2) is 0 Å². The monoisotopic (exact) mass is 271 g/mol. The molecule has 0 aromatic heterocycles. The molecule has 5 heteroatoms. The first kappa shape index (κ1) is 15.4. The lowest BCUT2D eigenvalue weighted by Crippen LogP contribution is -2.21. The van der Waals surface area contributed by atoms with Crippen molar-refractivity contribution >= 4 is 17.5 Å². The van der Waals surface area contributed by atoms with E-state index in [0.29, 0.717) is 12.2 Å². The number of nitrogens with zero attached hydrogens (tertiary/aromatic N) is 1. The molecule has 0 saturated carbocycles.